The van der Waals surface area contributed by atoms with E-state index >= 15 is 0 Å². The van der Waals surface area contributed by atoms with E-state index in [1.807, 2.05) is 0 Å². The second kappa shape index (κ2) is 8.63. The number of nitrogens with zero attached hydrogens (tertiary/aromatic N) is 2. The maximum atomic E-state index is 12.4. The van der Waals surface area contributed by atoms with Crippen LogP contribution in [0.4, 0.5) is 0 Å². The van der Waals surface area contributed by atoms with Gasteiger partial charge in [0.25, 0.3) is 0 Å². The highest BCUT2D eigenvalue weighted by Gasteiger charge is 2.26. The third-order valence-electron chi connectivity index (χ3n) is 4.60. The van der Waals surface area contributed by atoms with E-state index in [0.29, 0.717) is 18.5 Å². The minimum Gasteiger partial charge on any atom is -0.342 e. The maximum Gasteiger partial charge on any atom is 0.236 e. The molecule has 0 saturated carbocycles. The first kappa shape index (κ1) is 15.8. The normalized spacial score (nSPS) is 24.9. The predicted octanol–water partition coefficient (Wildman–Crippen LogP) is 1.85. The molecule has 1 N–H and O–H groups in total. The Morgan fingerprint density at radius 3 is 2.60 bits per heavy atom. The summed E-state index contributed by atoms with van der Waals surface area (Å²) in [5.74, 6) is 0.354. The van der Waals surface area contributed by atoms with E-state index in [2.05, 4.69) is 22.0 Å². The Kier molecular flexibility index (Phi) is 6.80. The van der Waals surface area contributed by atoms with Crippen LogP contribution >= 0.6 is 0 Å². The van der Waals surface area contributed by atoms with Crippen LogP contribution in [0.5, 0.6) is 0 Å². The lowest BCUT2D eigenvalue weighted by molar-refractivity contribution is -0.134. The first-order valence-electron chi connectivity index (χ1n) is 8.54. The minimum absolute atomic E-state index is 0.354. The van der Waals surface area contributed by atoms with E-state index in [9.17, 15) is 4.79 Å². The van der Waals surface area contributed by atoms with Crippen molar-refractivity contribution in [3.8, 4) is 0 Å². The second-order valence-electron chi connectivity index (χ2n) is 6.27. The fourth-order valence-electron chi connectivity index (χ4n) is 3.36. The molecule has 2 aliphatic rings. The van der Waals surface area contributed by atoms with Crippen LogP contribution in [0.1, 0.15) is 51.9 Å². The van der Waals surface area contributed by atoms with Crippen LogP contribution in [-0.4, -0.2) is 61.0 Å². The number of piperidine rings is 2. The molecule has 0 spiro atoms. The monoisotopic (exact) mass is 281 g/mol. The van der Waals surface area contributed by atoms with Crippen molar-refractivity contribution in [2.75, 3.05) is 39.3 Å². The molecule has 0 aromatic carbocycles. The summed E-state index contributed by atoms with van der Waals surface area (Å²) in [6.07, 6.45) is 8.64. The van der Waals surface area contributed by atoms with Gasteiger partial charge in [-0.1, -0.05) is 13.3 Å². The molecule has 2 fully saturated rings. The molecule has 2 saturated heterocycles. The molecule has 2 rings (SSSR count). The standard InChI is InChI=1S/C16H31N3O/c1-2-9-17-13-15-8-4-7-12-19(15)14-16(20)18-10-5-3-6-11-18/h15,17H,2-14H2,1H3. The van der Waals surface area contributed by atoms with Gasteiger partial charge in [0, 0.05) is 25.7 Å². The quantitative estimate of drug-likeness (QED) is 0.755. The van der Waals surface area contributed by atoms with Crippen LogP contribution in [0.15, 0.2) is 0 Å². The molecule has 1 unspecified atom stereocenters. The lowest BCUT2D eigenvalue weighted by atomic mass is 10.0. The van der Waals surface area contributed by atoms with Gasteiger partial charge < -0.3 is 10.2 Å². The zero-order valence-electron chi connectivity index (χ0n) is 13.1. The summed E-state index contributed by atoms with van der Waals surface area (Å²) < 4.78 is 0. The van der Waals surface area contributed by atoms with Gasteiger partial charge in [0.1, 0.15) is 0 Å². The first-order chi connectivity index (χ1) is 9.81. The van der Waals surface area contributed by atoms with Crippen molar-refractivity contribution < 1.29 is 4.79 Å². The molecule has 20 heavy (non-hydrogen) atoms. The molecule has 1 atom stereocenters. The average Bonchev–Trinajstić information content (AvgIpc) is 2.50. The predicted molar refractivity (Wildman–Crippen MR) is 82.8 cm³/mol. The van der Waals surface area contributed by atoms with Crippen molar-refractivity contribution in [1.29, 1.82) is 0 Å². The van der Waals surface area contributed by atoms with Gasteiger partial charge in [-0.25, -0.2) is 0 Å². The number of carbonyl (C=O) groups excluding carboxylic acids is 1. The zero-order chi connectivity index (χ0) is 14.2. The van der Waals surface area contributed by atoms with Crippen molar-refractivity contribution in [2.24, 2.45) is 0 Å². The van der Waals surface area contributed by atoms with E-state index in [1.54, 1.807) is 0 Å². The summed E-state index contributed by atoms with van der Waals surface area (Å²) in [6.45, 7) is 8.02. The molecular weight excluding hydrogens is 250 g/mol. The molecule has 4 nitrogen and oxygen atoms in total. The van der Waals surface area contributed by atoms with E-state index in [0.717, 1.165) is 32.7 Å². The van der Waals surface area contributed by atoms with E-state index in [-0.39, 0.29) is 0 Å². The van der Waals surface area contributed by atoms with Gasteiger partial charge in [-0.3, -0.25) is 9.69 Å². The Hall–Kier alpha value is -0.610. The van der Waals surface area contributed by atoms with Gasteiger partial charge in [0.2, 0.25) is 5.91 Å². The third-order valence-corrected chi connectivity index (χ3v) is 4.60. The number of amides is 1. The fourth-order valence-corrected chi connectivity index (χ4v) is 3.36. The van der Waals surface area contributed by atoms with Gasteiger partial charge in [-0.2, -0.15) is 0 Å². The summed E-state index contributed by atoms with van der Waals surface area (Å²) in [6, 6.07) is 0.559. The number of carbonyl (C=O) groups is 1. The number of nitrogens with one attached hydrogen (secondary N) is 1. The second-order valence-corrected chi connectivity index (χ2v) is 6.27. The summed E-state index contributed by atoms with van der Waals surface area (Å²) in [5.41, 5.74) is 0. The molecule has 2 heterocycles. The summed E-state index contributed by atoms with van der Waals surface area (Å²) in [7, 11) is 0. The molecule has 2 aliphatic heterocycles. The Morgan fingerprint density at radius 1 is 1.10 bits per heavy atom. The molecule has 0 bridgehead atoms. The number of hydrogen-bond donors (Lipinski definition) is 1. The van der Waals surface area contributed by atoms with Crippen LogP contribution in [0.3, 0.4) is 0 Å². The Bertz CT molecular complexity index is 289. The van der Waals surface area contributed by atoms with Gasteiger partial charge in [0.15, 0.2) is 0 Å². The number of rotatable bonds is 6. The van der Waals surface area contributed by atoms with Crippen molar-refractivity contribution in [1.82, 2.24) is 15.1 Å². The smallest absolute Gasteiger partial charge is 0.236 e. The van der Waals surface area contributed by atoms with Crippen molar-refractivity contribution in [3.05, 3.63) is 0 Å². The highest BCUT2D eigenvalue weighted by molar-refractivity contribution is 5.78. The molecule has 0 aromatic heterocycles. The van der Waals surface area contributed by atoms with Crippen LogP contribution < -0.4 is 5.32 Å². The lowest BCUT2D eigenvalue weighted by Crippen LogP contribution is -2.50. The van der Waals surface area contributed by atoms with Crippen LogP contribution in [-0.2, 0) is 4.79 Å². The minimum atomic E-state index is 0.354. The fraction of sp³-hybridized carbons (Fsp3) is 0.938. The van der Waals surface area contributed by atoms with Gasteiger partial charge in [-0.05, 0) is 51.6 Å². The molecule has 0 aromatic rings. The number of hydrogen-bond acceptors (Lipinski definition) is 3. The van der Waals surface area contributed by atoms with Crippen molar-refractivity contribution >= 4 is 5.91 Å². The van der Waals surface area contributed by atoms with Crippen molar-refractivity contribution in [2.45, 2.75) is 57.9 Å². The Morgan fingerprint density at radius 2 is 1.85 bits per heavy atom. The highest BCUT2D eigenvalue weighted by Crippen LogP contribution is 2.17. The van der Waals surface area contributed by atoms with Gasteiger partial charge in [0.05, 0.1) is 6.54 Å². The summed E-state index contributed by atoms with van der Waals surface area (Å²) in [5, 5.41) is 3.52. The van der Waals surface area contributed by atoms with E-state index in [1.165, 1.54) is 44.9 Å². The topological polar surface area (TPSA) is 35.6 Å². The largest absolute Gasteiger partial charge is 0.342 e. The van der Waals surface area contributed by atoms with E-state index in [4.69, 9.17) is 0 Å². The van der Waals surface area contributed by atoms with Crippen LogP contribution in [0.25, 0.3) is 0 Å². The first-order valence-corrected chi connectivity index (χ1v) is 8.54. The molecule has 0 aliphatic carbocycles. The lowest BCUT2D eigenvalue weighted by Gasteiger charge is -2.37. The van der Waals surface area contributed by atoms with Crippen LogP contribution in [0, 0.1) is 0 Å². The SMILES string of the molecule is CCCNCC1CCCCN1CC(=O)N1CCCCC1. The van der Waals surface area contributed by atoms with Crippen molar-refractivity contribution in [3.63, 3.8) is 0 Å². The third kappa shape index (κ3) is 4.74. The summed E-state index contributed by atoms with van der Waals surface area (Å²) >= 11 is 0. The highest BCUT2D eigenvalue weighted by atomic mass is 16.2. The summed E-state index contributed by atoms with van der Waals surface area (Å²) in [4.78, 5) is 16.9. The Balaban J connectivity index is 1.79. The molecule has 4 heteroatoms. The van der Waals surface area contributed by atoms with E-state index < -0.39 is 0 Å². The maximum absolute atomic E-state index is 12.4. The average molecular weight is 281 g/mol. The molecule has 116 valence electrons. The molecule has 0 radical (unpaired) electrons. The molecule has 1 amide bonds. The number of likely N-dealkylation sites (tertiary alicyclic amines) is 2. The van der Waals surface area contributed by atoms with Crippen LogP contribution in [0.2, 0.25) is 0 Å². The zero-order valence-corrected chi connectivity index (χ0v) is 13.1. The Labute approximate surface area is 123 Å². The van der Waals surface area contributed by atoms with Gasteiger partial charge >= 0.3 is 0 Å². The molecular formula is C16H31N3O. The van der Waals surface area contributed by atoms with Gasteiger partial charge in [-0.15, -0.1) is 0 Å².